The van der Waals surface area contributed by atoms with Gasteiger partial charge in [-0.2, -0.15) is 0 Å². The van der Waals surface area contributed by atoms with Crippen LogP contribution < -0.4 is 4.74 Å². The molecule has 4 heteroatoms. The number of hydrogen-bond acceptors (Lipinski definition) is 3. The van der Waals surface area contributed by atoms with Gasteiger partial charge >= 0.3 is 5.97 Å². The molecule has 1 unspecified atom stereocenters. The van der Waals surface area contributed by atoms with Gasteiger partial charge in [-0.05, 0) is 35.9 Å². The number of methoxy groups -OCH3 is 1. The van der Waals surface area contributed by atoms with Crippen LogP contribution in [0.1, 0.15) is 12.0 Å². The van der Waals surface area contributed by atoms with Crippen LogP contribution >= 0.6 is 0 Å². The fourth-order valence-corrected chi connectivity index (χ4v) is 3.00. The fourth-order valence-electron chi connectivity index (χ4n) is 3.00. The predicted octanol–water partition coefficient (Wildman–Crippen LogP) is 2.75. The second-order valence-electron chi connectivity index (χ2n) is 5.57. The van der Waals surface area contributed by atoms with E-state index in [-0.39, 0.29) is 5.92 Å². The molecule has 1 heterocycles. The molecule has 2 aromatic carbocycles. The Kier molecular flexibility index (Phi) is 3.80. The lowest BCUT2D eigenvalue weighted by molar-refractivity contribution is -0.141. The van der Waals surface area contributed by atoms with Gasteiger partial charge in [0.05, 0.1) is 13.0 Å². The van der Waals surface area contributed by atoms with Gasteiger partial charge in [0.25, 0.3) is 0 Å². The Labute approximate surface area is 123 Å². The smallest absolute Gasteiger partial charge is 0.307 e. The van der Waals surface area contributed by atoms with Crippen LogP contribution in [0.2, 0.25) is 0 Å². The van der Waals surface area contributed by atoms with Gasteiger partial charge in [0.2, 0.25) is 0 Å². The summed E-state index contributed by atoms with van der Waals surface area (Å²) in [5.41, 5.74) is 1.11. The summed E-state index contributed by atoms with van der Waals surface area (Å²) in [7, 11) is 1.68. The van der Waals surface area contributed by atoms with E-state index >= 15 is 0 Å². The number of aliphatic carboxylic acids is 1. The molecular formula is C17H19NO3. The fraction of sp³-hybridized carbons (Fsp3) is 0.353. The number of ether oxygens (including phenoxy) is 1. The maximum absolute atomic E-state index is 11.0. The Morgan fingerprint density at radius 1 is 1.33 bits per heavy atom. The van der Waals surface area contributed by atoms with E-state index in [4.69, 9.17) is 9.84 Å². The van der Waals surface area contributed by atoms with Crippen molar-refractivity contribution in [3.8, 4) is 5.75 Å². The quantitative estimate of drug-likeness (QED) is 0.938. The van der Waals surface area contributed by atoms with Crippen molar-refractivity contribution in [3.63, 3.8) is 0 Å². The van der Waals surface area contributed by atoms with Crippen LogP contribution in [-0.4, -0.2) is 36.2 Å². The summed E-state index contributed by atoms with van der Waals surface area (Å²) in [6.45, 7) is 2.18. The van der Waals surface area contributed by atoms with Crippen LogP contribution in [0.3, 0.4) is 0 Å². The standard InChI is InChI=1S/C17H19NO3/c1-21-16-9-13-5-3-2-4-12(13)8-15(16)11-18-7-6-14(10-18)17(19)20/h2-5,8-9,14H,6-7,10-11H2,1H3,(H,19,20). The van der Waals surface area contributed by atoms with Gasteiger partial charge in [0.15, 0.2) is 0 Å². The first-order valence-corrected chi connectivity index (χ1v) is 7.18. The number of benzene rings is 2. The molecule has 0 aromatic heterocycles. The number of carboxylic acids is 1. The number of fused-ring (bicyclic) bond motifs is 1. The van der Waals surface area contributed by atoms with Gasteiger partial charge in [0.1, 0.15) is 5.75 Å². The van der Waals surface area contributed by atoms with Crippen molar-refractivity contribution >= 4 is 16.7 Å². The molecule has 1 N–H and O–H groups in total. The molecule has 3 rings (SSSR count). The molecule has 1 aliphatic heterocycles. The molecular weight excluding hydrogens is 266 g/mol. The normalized spacial score (nSPS) is 19.0. The minimum absolute atomic E-state index is 0.239. The first kappa shape index (κ1) is 13.9. The first-order chi connectivity index (χ1) is 10.2. The van der Waals surface area contributed by atoms with E-state index in [1.807, 2.05) is 12.1 Å². The van der Waals surface area contributed by atoms with Crippen LogP contribution in [0, 0.1) is 5.92 Å². The van der Waals surface area contributed by atoms with Gasteiger partial charge in [0, 0.05) is 18.7 Å². The Morgan fingerprint density at radius 2 is 2.05 bits per heavy atom. The Balaban J connectivity index is 1.84. The monoisotopic (exact) mass is 285 g/mol. The highest BCUT2D eigenvalue weighted by Crippen LogP contribution is 2.28. The Hall–Kier alpha value is -2.07. The highest BCUT2D eigenvalue weighted by Gasteiger charge is 2.28. The third-order valence-electron chi connectivity index (χ3n) is 4.16. The van der Waals surface area contributed by atoms with Gasteiger partial charge in [-0.3, -0.25) is 9.69 Å². The van der Waals surface area contributed by atoms with E-state index < -0.39 is 5.97 Å². The molecule has 0 saturated carbocycles. The van der Waals surface area contributed by atoms with Gasteiger partial charge in [-0.25, -0.2) is 0 Å². The van der Waals surface area contributed by atoms with Crippen molar-refractivity contribution in [3.05, 3.63) is 42.0 Å². The molecule has 21 heavy (non-hydrogen) atoms. The average molecular weight is 285 g/mol. The van der Waals surface area contributed by atoms with E-state index in [2.05, 4.69) is 29.2 Å². The molecule has 0 spiro atoms. The van der Waals surface area contributed by atoms with Crippen LogP contribution in [-0.2, 0) is 11.3 Å². The summed E-state index contributed by atoms with van der Waals surface area (Å²) >= 11 is 0. The van der Waals surface area contributed by atoms with Gasteiger partial charge < -0.3 is 9.84 Å². The SMILES string of the molecule is COc1cc2ccccc2cc1CN1CCC(C(=O)O)C1. The van der Waals surface area contributed by atoms with Crippen LogP contribution in [0.15, 0.2) is 36.4 Å². The third kappa shape index (κ3) is 2.85. The largest absolute Gasteiger partial charge is 0.496 e. The Morgan fingerprint density at radius 3 is 2.67 bits per heavy atom. The highest BCUT2D eigenvalue weighted by molar-refractivity contribution is 5.85. The molecule has 0 bridgehead atoms. The zero-order valence-electron chi connectivity index (χ0n) is 12.1. The number of carbonyl (C=O) groups is 1. The Bertz CT molecular complexity index is 668. The molecule has 1 aliphatic rings. The maximum Gasteiger partial charge on any atom is 0.307 e. The number of nitrogens with zero attached hydrogens (tertiary/aromatic N) is 1. The lowest BCUT2D eigenvalue weighted by atomic mass is 10.1. The van der Waals surface area contributed by atoms with Crippen LogP contribution in [0.5, 0.6) is 5.75 Å². The second-order valence-corrected chi connectivity index (χ2v) is 5.57. The zero-order valence-corrected chi connectivity index (χ0v) is 12.1. The third-order valence-corrected chi connectivity index (χ3v) is 4.16. The predicted molar refractivity (Wildman–Crippen MR) is 81.5 cm³/mol. The zero-order chi connectivity index (χ0) is 14.8. The van der Waals surface area contributed by atoms with E-state index in [1.54, 1.807) is 7.11 Å². The number of hydrogen-bond donors (Lipinski definition) is 1. The van der Waals surface area contributed by atoms with Crippen molar-refractivity contribution in [1.82, 2.24) is 4.90 Å². The van der Waals surface area contributed by atoms with Crippen LogP contribution in [0.25, 0.3) is 10.8 Å². The molecule has 0 aliphatic carbocycles. The molecule has 1 atom stereocenters. The van der Waals surface area contributed by atoms with Crippen molar-refractivity contribution in [2.45, 2.75) is 13.0 Å². The summed E-state index contributed by atoms with van der Waals surface area (Å²) in [5.74, 6) is -0.0631. The van der Waals surface area contributed by atoms with Crippen LogP contribution in [0.4, 0.5) is 0 Å². The first-order valence-electron chi connectivity index (χ1n) is 7.18. The van der Waals surface area contributed by atoms with E-state index in [9.17, 15) is 4.79 Å². The molecule has 2 aromatic rings. The van der Waals surface area contributed by atoms with E-state index in [0.29, 0.717) is 6.54 Å². The maximum atomic E-state index is 11.0. The number of rotatable bonds is 4. The summed E-state index contributed by atoms with van der Waals surface area (Å²) in [6.07, 6.45) is 0.727. The summed E-state index contributed by atoms with van der Waals surface area (Å²) in [5, 5.41) is 11.4. The van der Waals surface area contributed by atoms with Gasteiger partial charge in [-0.15, -0.1) is 0 Å². The van der Waals surface area contributed by atoms with Crippen molar-refractivity contribution in [2.75, 3.05) is 20.2 Å². The summed E-state index contributed by atoms with van der Waals surface area (Å²) in [4.78, 5) is 13.2. The summed E-state index contributed by atoms with van der Waals surface area (Å²) in [6, 6.07) is 12.4. The van der Waals surface area contributed by atoms with Crippen molar-refractivity contribution in [2.24, 2.45) is 5.92 Å². The molecule has 4 nitrogen and oxygen atoms in total. The molecule has 1 saturated heterocycles. The average Bonchev–Trinajstić information content (AvgIpc) is 2.95. The molecule has 1 fully saturated rings. The lowest BCUT2D eigenvalue weighted by Gasteiger charge is -2.18. The molecule has 0 amide bonds. The number of likely N-dealkylation sites (tertiary alicyclic amines) is 1. The van der Waals surface area contributed by atoms with Crippen molar-refractivity contribution in [1.29, 1.82) is 0 Å². The lowest BCUT2D eigenvalue weighted by Crippen LogP contribution is -2.23. The minimum Gasteiger partial charge on any atom is -0.496 e. The summed E-state index contributed by atoms with van der Waals surface area (Å²) < 4.78 is 5.50. The van der Waals surface area contributed by atoms with E-state index in [0.717, 1.165) is 36.2 Å². The second kappa shape index (κ2) is 5.74. The highest BCUT2D eigenvalue weighted by atomic mass is 16.5. The van der Waals surface area contributed by atoms with Gasteiger partial charge in [-0.1, -0.05) is 24.3 Å². The number of carboxylic acid groups (broad SMARTS) is 1. The molecule has 0 radical (unpaired) electrons. The van der Waals surface area contributed by atoms with E-state index in [1.165, 1.54) is 5.39 Å². The molecule has 110 valence electrons. The van der Waals surface area contributed by atoms with Crippen molar-refractivity contribution < 1.29 is 14.6 Å². The topological polar surface area (TPSA) is 49.8 Å². The minimum atomic E-state index is -0.692.